The van der Waals surface area contributed by atoms with E-state index in [2.05, 4.69) is 82.8 Å². The Hall–Kier alpha value is -5.40. The van der Waals surface area contributed by atoms with Gasteiger partial charge in [0, 0.05) is 81.1 Å². The van der Waals surface area contributed by atoms with Gasteiger partial charge >= 0.3 is 0 Å². The number of aryl methyl sites for hydroxylation is 1. The van der Waals surface area contributed by atoms with Crippen molar-refractivity contribution in [3.05, 3.63) is 121 Å². The number of likely N-dealkylation sites (tertiary alicyclic amines) is 1. The number of allylic oxidation sites excluding steroid dienone is 2. The Balaban J connectivity index is 1.55. The Kier molecular flexibility index (Phi) is 15.2. The van der Waals surface area contributed by atoms with Gasteiger partial charge in [0.05, 0.1) is 24.1 Å². The number of pyridine rings is 1. The second-order valence-corrected chi connectivity index (χ2v) is 16.0. The first-order valence-corrected chi connectivity index (χ1v) is 20.3. The summed E-state index contributed by atoms with van der Waals surface area (Å²) in [5.41, 5.74) is 8.60. The van der Waals surface area contributed by atoms with Crippen LogP contribution in [0.1, 0.15) is 45.6 Å². The number of nitrogens with zero attached hydrogens (tertiary/aromatic N) is 8. The predicted octanol–water partition coefficient (Wildman–Crippen LogP) is 8.84. The third kappa shape index (κ3) is 11.0. The van der Waals surface area contributed by atoms with E-state index in [1.54, 1.807) is 12.1 Å². The standard InChI is InChI=1S/C46H61F3N10/c1-12-31(5)19-20-55(10)29-51-46(33(7)25-52-59(50-9)42-18-17-36(47)23-40(42)49)58-28-38-24-43(58)34(8)56(11)26-35(13-2)27-57(30(3)4)45-32(6)21-37(48)22-39(45)41-15-14-16-44(53-38)54-41/h12,14-18,21-23,31,35,38,43,52H,1,3,7-9,13,19-20,24-29H2,2,4-6,10-11H3,(H,53,54). The highest BCUT2D eigenvalue weighted by Gasteiger charge is 2.38. The molecule has 59 heavy (non-hydrogen) atoms. The van der Waals surface area contributed by atoms with E-state index in [1.807, 2.05) is 45.2 Å². The van der Waals surface area contributed by atoms with Crippen LogP contribution in [0.5, 0.6) is 0 Å². The minimum absolute atomic E-state index is 0.0150. The van der Waals surface area contributed by atoms with Crippen LogP contribution in [0.15, 0.2) is 108 Å². The first-order chi connectivity index (χ1) is 28.1. The minimum Gasteiger partial charge on any atom is -0.376 e. The van der Waals surface area contributed by atoms with Crippen LogP contribution in [0.3, 0.4) is 0 Å². The number of rotatable bonds is 14. The molecule has 0 aliphatic carbocycles. The van der Waals surface area contributed by atoms with E-state index in [1.165, 1.54) is 11.2 Å². The third-order valence-electron chi connectivity index (χ3n) is 11.2. The van der Waals surface area contributed by atoms with Crippen molar-refractivity contribution in [1.82, 2.24) is 25.1 Å². The Labute approximate surface area is 349 Å². The lowest BCUT2D eigenvalue weighted by atomic mass is 9.99. The summed E-state index contributed by atoms with van der Waals surface area (Å²) in [6, 6.07) is 11.9. The summed E-state index contributed by atoms with van der Waals surface area (Å²) < 4.78 is 43.8. The Bertz CT molecular complexity index is 2050. The molecule has 2 N–H and O–H groups in total. The number of aliphatic imine (C=N–C) groups is 1. The number of hydrazone groups is 1. The molecule has 4 atom stereocenters. The zero-order chi connectivity index (χ0) is 43.0. The smallest absolute Gasteiger partial charge is 0.153 e. The third-order valence-corrected chi connectivity index (χ3v) is 11.2. The quantitative estimate of drug-likeness (QED) is 0.0725. The number of hydrogen-bond acceptors (Lipinski definition) is 9. The van der Waals surface area contributed by atoms with Crippen LogP contribution >= 0.6 is 0 Å². The van der Waals surface area contributed by atoms with E-state index in [0.717, 1.165) is 54.2 Å². The topological polar surface area (TPSA) is 77.9 Å². The number of nitrogens with one attached hydrogen (secondary N) is 2. The van der Waals surface area contributed by atoms with Crippen LogP contribution < -0.4 is 20.8 Å². The first kappa shape index (κ1) is 44.7. The van der Waals surface area contributed by atoms with Crippen LogP contribution in [-0.2, 0) is 0 Å². The number of hydrogen-bond donors (Lipinski definition) is 2. The number of anilines is 3. The molecule has 13 heteroatoms. The van der Waals surface area contributed by atoms with E-state index in [-0.39, 0.29) is 36.1 Å². The van der Waals surface area contributed by atoms with Gasteiger partial charge in [-0.3, -0.25) is 9.89 Å². The van der Waals surface area contributed by atoms with E-state index in [0.29, 0.717) is 67.1 Å². The molecule has 3 heterocycles. The highest BCUT2D eigenvalue weighted by atomic mass is 19.1. The van der Waals surface area contributed by atoms with Crippen molar-refractivity contribution in [1.29, 1.82) is 0 Å². The van der Waals surface area contributed by atoms with E-state index in [4.69, 9.17) is 16.6 Å². The summed E-state index contributed by atoms with van der Waals surface area (Å²) in [6.45, 7) is 32.6. The molecule has 1 aromatic heterocycles. The number of halogens is 3. The minimum atomic E-state index is -0.787. The summed E-state index contributed by atoms with van der Waals surface area (Å²) >= 11 is 0. The monoisotopic (exact) mass is 811 g/mol. The fourth-order valence-electron chi connectivity index (χ4n) is 7.74. The van der Waals surface area contributed by atoms with Gasteiger partial charge in [-0.25, -0.2) is 23.6 Å². The number of benzene rings is 2. The Morgan fingerprint density at radius 2 is 1.86 bits per heavy atom. The zero-order valence-electron chi connectivity index (χ0n) is 35.6. The average Bonchev–Trinajstić information content (AvgIpc) is 3.61. The lowest BCUT2D eigenvalue weighted by Crippen LogP contribution is -2.45. The van der Waals surface area contributed by atoms with Crippen LogP contribution in [0.25, 0.3) is 11.3 Å². The average molecular weight is 811 g/mol. The Morgan fingerprint density at radius 3 is 2.54 bits per heavy atom. The molecule has 5 rings (SSSR count). The van der Waals surface area contributed by atoms with Gasteiger partial charge in [-0.15, -0.1) is 6.58 Å². The predicted molar refractivity (Wildman–Crippen MR) is 239 cm³/mol. The molecule has 10 nitrogen and oxygen atoms in total. The zero-order valence-corrected chi connectivity index (χ0v) is 35.6. The normalized spacial score (nSPS) is 19.1. The van der Waals surface area contributed by atoms with Crippen LogP contribution in [0, 0.1) is 36.2 Å². The van der Waals surface area contributed by atoms with Crippen LogP contribution in [0.4, 0.5) is 30.4 Å². The van der Waals surface area contributed by atoms with Crippen molar-refractivity contribution in [2.45, 2.75) is 59.0 Å². The molecule has 1 fully saturated rings. The molecule has 2 aliphatic heterocycles. The van der Waals surface area contributed by atoms with Gasteiger partial charge in [0.1, 0.15) is 29.0 Å². The summed E-state index contributed by atoms with van der Waals surface area (Å²) in [5.74, 6) is 0.0730. The number of amidine groups is 1. The van der Waals surface area contributed by atoms with Gasteiger partial charge in [0.2, 0.25) is 0 Å². The van der Waals surface area contributed by atoms with Crippen molar-refractivity contribution in [3.8, 4) is 11.3 Å². The maximum Gasteiger partial charge on any atom is 0.153 e. The molecule has 0 radical (unpaired) electrons. The summed E-state index contributed by atoms with van der Waals surface area (Å²) in [6.07, 6.45) is 4.45. The van der Waals surface area contributed by atoms with Crippen LogP contribution in [-0.4, -0.2) is 97.8 Å². The molecule has 0 amide bonds. The molecule has 4 bridgehead atoms. The van der Waals surface area contributed by atoms with Gasteiger partial charge in [-0.1, -0.05) is 45.7 Å². The fraction of sp³-hybridized carbons (Fsp3) is 0.413. The fourth-order valence-corrected chi connectivity index (χ4v) is 7.74. The van der Waals surface area contributed by atoms with E-state index in [9.17, 15) is 8.78 Å². The van der Waals surface area contributed by atoms with Crippen molar-refractivity contribution >= 4 is 29.7 Å². The largest absolute Gasteiger partial charge is 0.376 e. The molecular formula is C46H61F3N10. The van der Waals surface area contributed by atoms with Gasteiger partial charge < -0.3 is 20.0 Å². The molecule has 2 aliphatic rings. The molecule has 2 aromatic carbocycles. The molecule has 1 saturated heterocycles. The number of hydrazine groups is 1. The maximum absolute atomic E-state index is 15.2. The van der Waals surface area contributed by atoms with E-state index < -0.39 is 11.6 Å². The summed E-state index contributed by atoms with van der Waals surface area (Å²) in [7, 11) is 4.11. The Morgan fingerprint density at radius 1 is 1.10 bits per heavy atom. The van der Waals surface area contributed by atoms with Crippen molar-refractivity contribution in [2.24, 2.45) is 21.9 Å². The SMILES string of the molecule is C=CC(C)CCN(C)CN=C(C(=C)CNN(N=C)c1ccc(F)cc1F)N1CC2CC1C(=C)N(C)CC(CC)CN(C(=C)C)c1c(C)cc(F)cc1-c1cccc(n1)N2. The summed E-state index contributed by atoms with van der Waals surface area (Å²) in [5, 5.41) is 8.82. The molecule has 3 aromatic rings. The number of aromatic nitrogens is 1. The van der Waals surface area contributed by atoms with Gasteiger partial charge in [-0.05, 0) is 94.0 Å². The maximum atomic E-state index is 15.2. The molecule has 4 unspecified atom stereocenters. The van der Waals surface area contributed by atoms with Crippen molar-refractivity contribution in [2.75, 3.05) is 68.8 Å². The molecular weight excluding hydrogens is 750 g/mol. The molecule has 0 saturated carbocycles. The van der Waals surface area contributed by atoms with Gasteiger partial charge in [0.25, 0.3) is 0 Å². The summed E-state index contributed by atoms with van der Waals surface area (Å²) in [4.78, 5) is 19.1. The lowest BCUT2D eigenvalue weighted by molar-refractivity contribution is 0.278. The van der Waals surface area contributed by atoms with Gasteiger partial charge in [-0.2, -0.15) is 10.2 Å². The van der Waals surface area contributed by atoms with Crippen molar-refractivity contribution < 1.29 is 13.2 Å². The second-order valence-electron chi connectivity index (χ2n) is 16.0. The highest BCUT2D eigenvalue weighted by Crippen LogP contribution is 2.38. The van der Waals surface area contributed by atoms with Crippen molar-refractivity contribution in [3.63, 3.8) is 0 Å². The lowest BCUT2D eigenvalue weighted by Gasteiger charge is -2.38. The number of fused-ring (bicyclic) bond motifs is 6. The molecule has 316 valence electrons. The van der Waals surface area contributed by atoms with Gasteiger partial charge in [0.15, 0.2) is 5.82 Å². The van der Waals surface area contributed by atoms with Crippen LogP contribution in [0.2, 0.25) is 0 Å². The molecule has 0 spiro atoms. The second kappa shape index (κ2) is 20.0. The number of likely N-dealkylation sites (N-methyl/N-ethyl adjacent to an activating group) is 1. The highest BCUT2D eigenvalue weighted by molar-refractivity contribution is 5.99. The first-order valence-electron chi connectivity index (χ1n) is 20.3. The van der Waals surface area contributed by atoms with E-state index >= 15 is 4.39 Å².